The third-order valence-corrected chi connectivity index (χ3v) is 2.94. The second-order valence-corrected chi connectivity index (χ2v) is 4.28. The van der Waals surface area contributed by atoms with E-state index in [0.29, 0.717) is 13.6 Å². The lowest BCUT2D eigenvalue weighted by Crippen LogP contribution is -2.11. The van der Waals surface area contributed by atoms with Crippen LogP contribution in [0.15, 0.2) is 42.7 Å². The van der Waals surface area contributed by atoms with Crippen molar-refractivity contribution in [1.29, 1.82) is 0 Å². The van der Waals surface area contributed by atoms with Crippen LogP contribution in [0.5, 0.6) is 0 Å². The SMILES string of the molecule is CF.Cc1nccn1C(CCC=O)c1ccccc1.[C-]#[N+]C. The molecule has 22 heavy (non-hydrogen) atoms. The molecule has 0 N–H and O–H groups in total. The summed E-state index contributed by atoms with van der Waals surface area (Å²) in [6.07, 6.45) is 6.12. The van der Waals surface area contributed by atoms with Gasteiger partial charge in [0.05, 0.1) is 13.2 Å². The summed E-state index contributed by atoms with van der Waals surface area (Å²) in [6.45, 7) is 7.82. The number of alkyl halides is 1. The van der Waals surface area contributed by atoms with Crippen molar-refractivity contribution in [2.24, 2.45) is 0 Å². The number of rotatable bonds is 5. The van der Waals surface area contributed by atoms with Crippen LogP contribution in [0.4, 0.5) is 4.39 Å². The lowest BCUT2D eigenvalue weighted by molar-refractivity contribution is -0.108. The van der Waals surface area contributed by atoms with Gasteiger partial charge in [-0.15, -0.1) is 0 Å². The third kappa shape index (κ3) is 6.31. The summed E-state index contributed by atoms with van der Waals surface area (Å²) in [6, 6.07) is 10.4. The molecule has 0 bridgehead atoms. The van der Waals surface area contributed by atoms with Gasteiger partial charge < -0.3 is 14.2 Å². The van der Waals surface area contributed by atoms with E-state index in [2.05, 4.69) is 26.5 Å². The molecule has 0 saturated carbocycles. The van der Waals surface area contributed by atoms with Gasteiger partial charge in [-0.05, 0) is 18.9 Å². The highest BCUT2D eigenvalue weighted by Crippen LogP contribution is 2.24. The van der Waals surface area contributed by atoms with Gasteiger partial charge in [-0.2, -0.15) is 0 Å². The third-order valence-electron chi connectivity index (χ3n) is 2.94. The number of aromatic nitrogens is 2. The second-order valence-electron chi connectivity index (χ2n) is 4.28. The number of hydrogen-bond donors (Lipinski definition) is 0. The Labute approximate surface area is 131 Å². The van der Waals surface area contributed by atoms with Crippen molar-refractivity contribution in [1.82, 2.24) is 9.55 Å². The number of carbonyl (C=O) groups excluding carboxylic acids is 1. The van der Waals surface area contributed by atoms with Crippen LogP contribution in [0.3, 0.4) is 0 Å². The number of nitrogens with zero attached hydrogens (tertiary/aromatic N) is 3. The van der Waals surface area contributed by atoms with Gasteiger partial charge in [0, 0.05) is 18.8 Å². The van der Waals surface area contributed by atoms with Gasteiger partial charge in [0.25, 0.3) is 0 Å². The highest BCUT2D eigenvalue weighted by atomic mass is 19.1. The average Bonchev–Trinajstić information content (AvgIpc) is 2.98. The van der Waals surface area contributed by atoms with E-state index in [1.807, 2.05) is 31.3 Å². The number of benzene rings is 1. The maximum absolute atomic E-state index is 10.6. The molecular formula is C17H22FN3O. The lowest BCUT2D eigenvalue weighted by atomic mass is 10.0. The molecule has 0 amide bonds. The lowest BCUT2D eigenvalue weighted by Gasteiger charge is -2.19. The van der Waals surface area contributed by atoms with E-state index in [4.69, 9.17) is 6.57 Å². The fraction of sp³-hybridized carbons (Fsp3) is 0.353. The Balaban J connectivity index is 0.000000789. The molecule has 2 aromatic rings. The molecule has 1 aromatic heterocycles. The van der Waals surface area contributed by atoms with Gasteiger partial charge in [-0.3, -0.25) is 4.39 Å². The molecule has 1 heterocycles. The fourth-order valence-corrected chi connectivity index (χ4v) is 2.08. The maximum atomic E-state index is 10.6. The monoisotopic (exact) mass is 303 g/mol. The van der Waals surface area contributed by atoms with Crippen LogP contribution in [-0.4, -0.2) is 30.1 Å². The van der Waals surface area contributed by atoms with Crippen molar-refractivity contribution in [3.05, 3.63) is 65.5 Å². The number of carbonyl (C=O) groups is 1. The molecule has 1 unspecified atom stereocenters. The normalized spacial score (nSPS) is 10.1. The predicted octanol–water partition coefficient (Wildman–Crippen LogP) is 3.88. The largest absolute Gasteiger partial charge is 0.328 e. The molecule has 1 atom stereocenters. The minimum atomic E-state index is 0.198. The zero-order valence-corrected chi connectivity index (χ0v) is 13.2. The Bertz CT molecular complexity index is 561. The number of aldehydes is 1. The molecule has 0 aliphatic heterocycles. The van der Waals surface area contributed by atoms with Crippen molar-refractivity contribution in [3.8, 4) is 0 Å². The minimum absolute atomic E-state index is 0.198. The van der Waals surface area contributed by atoms with Gasteiger partial charge >= 0.3 is 0 Å². The highest BCUT2D eigenvalue weighted by molar-refractivity contribution is 5.49. The first-order valence-electron chi connectivity index (χ1n) is 6.86. The number of aryl methyl sites for hydroxylation is 1. The smallest absolute Gasteiger partial charge is 0.205 e. The summed E-state index contributed by atoms with van der Waals surface area (Å²) in [5.74, 6) is 0.977. The van der Waals surface area contributed by atoms with Crippen LogP contribution in [0, 0.1) is 13.5 Å². The first kappa shape index (κ1) is 19.5. The maximum Gasteiger partial charge on any atom is 0.205 e. The molecule has 0 aliphatic carbocycles. The molecule has 2 rings (SSSR count). The molecule has 5 heteroatoms. The van der Waals surface area contributed by atoms with Crippen molar-refractivity contribution < 1.29 is 9.18 Å². The fourth-order valence-electron chi connectivity index (χ4n) is 2.08. The number of halogens is 1. The van der Waals surface area contributed by atoms with Crippen LogP contribution in [-0.2, 0) is 4.79 Å². The van der Waals surface area contributed by atoms with Crippen molar-refractivity contribution in [2.45, 2.75) is 25.8 Å². The van der Waals surface area contributed by atoms with Crippen molar-refractivity contribution in [3.63, 3.8) is 0 Å². The molecule has 1 aromatic carbocycles. The minimum Gasteiger partial charge on any atom is -0.328 e. The number of hydrogen-bond acceptors (Lipinski definition) is 2. The quantitative estimate of drug-likeness (QED) is 0.621. The van der Waals surface area contributed by atoms with E-state index >= 15 is 0 Å². The molecule has 0 spiro atoms. The Hall–Kier alpha value is -2.48. The summed E-state index contributed by atoms with van der Waals surface area (Å²) in [4.78, 5) is 17.6. The van der Waals surface area contributed by atoms with Gasteiger partial charge in [0.15, 0.2) is 0 Å². The Kier molecular flexibility index (Phi) is 10.9. The summed E-state index contributed by atoms with van der Waals surface area (Å²) < 4.78 is 11.6. The summed E-state index contributed by atoms with van der Waals surface area (Å²) >= 11 is 0. The predicted molar refractivity (Wildman–Crippen MR) is 86.4 cm³/mol. The van der Waals surface area contributed by atoms with Crippen LogP contribution < -0.4 is 0 Å². The second kappa shape index (κ2) is 12.3. The molecule has 118 valence electrons. The summed E-state index contributed by atoms with van der Waals surface area (Å²) in [7, 11) is 1.92. The van der Waals surface area contributed by atoms with E-state index in [0.717, 1.165) is 18.5 Å². The molecule has 0 radical (unpaired) electrons. The van der Waals surface area contributed by atoms with Crippen LogP contribution in [0.25, 0.3) is 4.85 Å². The Morgan fingerprint density at radius 2 is 1.95 bits per heavy atom. The number of imidazole rings is 1. The van der Waals surface area contributed by atoms with E-state index < -0.39 is 0 Å². The molecular weight excluding hydrogens is 281 g/mol. The zero-order chi connectivity index (χ0) is 16.8. The topological polar surface area (TPSA) is 39.2 Å². The van der Waals surface area contributed by atoms with Gasteiger partial charge in [-0.1, -0.05) is 30.3 Å². The molecule has 0 saturated heterocycles. The van der Waals surface area contributed by atoms with Crippen LogP contribution in [0.1, 0.15) is 30.3 Å². The Morgan fingerprint density at radius 3 is 2.41 bits per heavy atom. The van der Waals surface area contributed by atoms with E-state index in [1.54, 1.807) is 6.20 Å². The van der Waals surface area contributed by atoms with Gasteiger partial charge in [0.2, 0.25) is 7.05 Å². The van der Waals surface area contributed by atoms with E-state index in [1.165, 1.54) is 12.6 Å². The van der Waals surface area contributed by atoms with Crippen LogP contribution in [0.2, 0.25) is 0 Å². The first-order chi connectivity index (χ1) is 10.7. The van der Waals surface area contributed by atoms with Crippen LogP contribution >= 0.6 is 0 Å². The van der Waals surface area contributed by atoms with Gasteiger partial charge in [0.1, 0.15) is 12.1 Å². The summed E-state index contributed by atoms with van der Waals surface area (Å²) in [5, 5.41) is 0. The van der Waals surface area contributed by atoms with E-state index in [-0.39, 0.29) is 6.04 Å². The molecule has 0 aliphatic rings. The van der Waals surface area contributed by atoms with Gasteiger partial charge in [-0.25, -0.2) is 11.6 Å². The van der Waals surface area contributed by atoms with Crippen molar-refractivity contribution >= 4 is 6.29 Å². The standard InChI is InChI=1S/C14H16N2O.C2H3N.CH3F/c1-12-15-9-10-16(12)14(8-5-11-17)13-6-3-2-4-7-13;1-3-2;1-2/h2-4,6-7,9-11,14H,5,8H2,1H3;1H3;1H3. The molecule has 0 fully saturated rings. The average molecular weight is 303 g/mol. The van der Waals surface area contributed by atoms with E-state index in [9.17, 15) is 9.18 Å². The zero-order valence-electron chi connectivity index (χ0n) is 13.2. The summed E-state index contributed by atoms with van der Waals surface area (Å²) in [5.41, 5.74) is 1.22. The Morgan fingerprint density at radius 1 is 1.36 bits per heavy atom. The van der Waals surface area contributed by atoms with Crippen molar-refractivity contribution in [2.75, 3.05) is 14.2 Å². The highest BCUT2D eigenvalue weighted by Gasteiger charge is 2.14. The molecule has 4 nitrogen and oxygen atoms in total. The first-order valence-corrected chi connectivity index (χ1v) is 6.86.